The number of hydrogen-bond acceptors (Lipinski definition) is 4. The maximum Gasteiger partial charge on any atom is 0.312 e. The summed E-state index contributed by atoms with van der Waals surface area (Å²) < 4.78 is 5.01. The van der Waals surface area contributed by atoms with Gasteiger partial charge < -0.3 is 9.84 Å². The molecule has 0 aliphatic heterocycles. The zero-order valence-electron chi connectivity index (χ0n) is 11.4. The number of nitrogens with zero attached hydrogens (tertiary/aromatic N) is 1. The standard InChI is InChI=1S/C14H21NO3/c1-5-18-14(17)12(9(2)3)13(16)11-7-6-10(4)15-8-11/h6-9,12-13,16H,5H2,1-4H3. The van der Waals surface area contributed by atoms with Gasteiger partial charge in [0, 0.05) is 11.9 Å². The second-order valence-corrected chi connectivity index (χ2v) is 4.70. The molecule has 0 radical (unpaired) electrons. The summed E-state index contributed by atoms with van der Waals surface area (Å²) in [7, 11) is 0. The second-order valence-electron chi connectivity index (χ2n) is 4.70. The minimum absolute atomic E-state index is 0.000327. The van der Waals surface area contributed by atoms with Gasteiger partial charge in [0.2, 0.25) is 0 Å². The number of esters is 1. The summed E-state index contributed by atoms with van der Waals surface area (Å²) in [5.74, 6) is -0.921. The summed E-state index contributed by atoms with van der Waals surface area (Å²) in [6.45, 7) is 7.75. The van der Waals surface area contributed by atoms with Crippen LogP contribution in [0.15, 0.2) is 18.3 Å². The third-order valence-electron chi connectivity index (χ3n) is 2.89. The van der Waals surface area contributed by atoms with Crippen molar-refractivity contribution >= 4 is 5.97 Å². The third-order valence-corrected chi connectivity index (χ3v) is 2.89. The number of carbonyl (C=O) groups is 1. The third kappa shape index (κ3) is 3.53. The van der Waals surface area contributed by atoms with Gasteiger partial charge >= 0.3 is 5.97 Å². The number of aliphatic hydroxyl groups is 1. The van der Waals surface area contributed by atoms with Crippen molar-refractivity contribution in [3.8, 4) is 0 Å². The molecule has 1 aromatic heterocycles. The molecule has 0 aliphatic rings. The topological polar surface area (TPSA) is 59.4 Å². The first kappa shape index (κ1) is 14.6. The van der Waals surface area contributed by atoms with Crippen molar-refractivity contribution in [1.82, 2.24) is 4.98 Å². The first-order valence-corrected chi connectivity index (χ1v) is 6.24. The molecule has 0 amide bonds. The SMILES string of the molecule is CCOC(=O)C(C(C)C)C(O)c1ccc(C)nc1. The fourth-order valence-electron chi connectivity index (χ4n) is 1.87. The highest BCUT2D eigenvalue weighted by Gasteiger charge is 2.32. The lowest BCUT2D eigenvalue weighted by Gasteiger charge is -2.24. The van der Waals surface area contributed by atoms with Gasteiger partial charge in [0.05, 0.1) is 18.6 Å². The van der Waals surface area contributed by atoms with Gasteiger partial charge in [0.1, 0.15) is 0 Å². The number of hydrogen-bond donors (Lipinski definition) is 1. The van der Waals surface area contributed by atoms with Crippen molar-refractivity contribution in [2.24, 2.45) is 11.8 Å². The summed E-state index contributed by atoms with van der Waals surface area (Å²) in [4.78, 5) is 16.0. The van der Waals surface area contributed by atoms with Crippen LogP contribution in [0, 0.1) is 18.8 Å². The van der Waals surface area contributed by atoms with Crippen LogP contribution in [0.2, 0.25) is 0 Å². The fraction of sp³-hybridized carbons (Fsp3) is 0.571. The molecule has 2 unspecified atom stereocenters. The van der Waals surface area contributed by atoms with E-state index in [1.54, 1.807) is 19.2 Å². The van der Waals surface area contributed by atoms with Crippen LogP contribution in [0.1, 0.15) is 38.1 Å². The Hall–Kier alpha value is -1.42. The van der Waals surface area contributed by atoms with Crippen molar-refractivity contribution in [3.63, 3.8) is 0 Å². The Morgan fingerprint density at radius 1 is 1.44 bits per heavy atom. The Labute approximate surface area is 108 Å². The number of ether oxygens (including phenoxy) is 1. The maximum atomic E-state index is 11.9. The van der Waals surface area contributed by atoms with E-state index < -0.39 is 12.0 Å². The van der Waals surface area contributed by atoms with Crippen molar-refractivity contribution in [1.29, 1.82) is 0 Å². The van der Waals surface area contributed by atoms with E-state index in [1.165, 1.54) is 0 Å². The molecular weight excluding hydrogens is 230 g/mol. The number of rotatable bonds is 5. The first-order chi connectivity index (χ1) is 8.47. The average molecular weight is 251 g/mol. The molecular formula is C14H21NO3. The highest BCUT2D eigenvalue weighted by molar-refractivity contribution is 5.73. The van der Waals surface area contributed by atoms with E-state index >= 15 is 0 Å². The predicted octanol–water partition coefficient (Wildman–Crippen LogP) is 2.26. The van der Waals surface area contributed by atoms with E-state index in [4.69, 9.17) is 4.74 Å². The maximum absolute atomic E-state index is 11.9. The van der Waals surface area contributed by atoms with Crippen molar-refractivity contribution in [2.75, 3.05) is 6.61 Å². The van der Waals surface area contributed by atoms with E-state index in [9.17, 15) is 9.90 Å². The molecule has 2 atom stereocenters. The van der Waals surface area contributed by atoms with Crippen LogP contribution in [-0.2, 0) is 9.53 Å². The van der Waals surface area contributed by atoms with Crippen LogP contribution >= 0.6 is 0 Å². The van der Waals surface area contributed by atoms with E-state index in [0.717, 1.165) is 5.69 Å². The molecule has 0 saturated heterocycles. The van der Waals surface area contributed by atoms with Gasteiger partial charge in [-0.3, -0.25) is 9.78 Å². The molecule has 18 heavy (non-hydrogen) atoms. The molecule has 1 N–H and O–H groups in total. The van der Waals surface area contributed by atoms with Crippen LogP contribution in [0.4, 0.5) is 0 Å². The Morgan fingerprint density at radius 2 is 2.11 bits per heavy atom. The molecule has 0 spiro atoms. The molecule has 0 saturated carbocycles. The van der Waals surface area contributed by atoms with E-state index in [0.29, 0.717) is 12.2 Å². The lowest BCUT2D eigenvalue weighted by Crippen LogP contribution is -2.29. The number of aryl methyl sites for hydroxylation is 1. The van der Waals surface area contributed by atoms with Crippen LogP contribution in [0.5, 0.6) is 0 Å². The summed E-state index contributed by atoms with van der Waals surface area (Å²) in [6, 6.07) is 3.61. The van der Waals surface area contributed by atoms with E-state index in [-0.39, 0.29) is 11.9 Å². The molecule has 0 aliphatic carbocycles. The van der Waals surface area contributed by atoms with Crippen molar-refractivity contribution < 1.29 is 14.6 Å². The smallest absolute Gasteiger partial charge is 0.312 e. The molecule has 4 nitrogen and oxygen atoms in total. The predicted molar refractivity (Wildman–Crippen MR) is 68.9 cm³/mol. The molecule has 0 bridgehead atoms. The number of pyridine rings is 1. The summed E-state index contributed by atoms with van der Waals surface area (Å²) in [5, 5.41) is 10.3. The first-order valence-electron chi connectivity index (χ1n) is 6.24. The van der Waals surface area contributed by atoms with Gasteiger partial charge in [-0.15, -0.1) is 0 Å². The lowest BCUT2D eigenvalue weighted by atomic mass is 9.87. The molecule has 1 aromatic rings. The molecule has 0 aromatic carbocycles. The zero-order chi connectivity index (χ0) is 13.7. The summed E-state index contributed by atoms with van der Waals surface area (Å²) in [6.07, 6.45) is 0.728. The van der Waals surface area contributed by atoms with Gasteiger partial charge in [-0.05, 0) is 31.4 Å². The fourth-order valence-corrected chi connectivity index (χ4v) is 1.87. The van der Waals surface area contributed by atoms with Gasteiger partial charge in [-0.1, -0.05) is 19.9 Å². The normalized spacial score (nSPS) is 14.3. The Kier molecular flexibility index (Phi) is 5.28. The van der Waals surface area contributed by atoms with Crippen molar-refractivity contribution in [3.05, 3.63) is 29.6 Å². The second kappa shape index (κ2) is 6.50. The molecule has 100 valence electrons. The van der Waals surface area contributed by atoms with Crippen LogP contribution in [0.3, 0.4) is 0 Å². The number of aromatic nitrogens is 1. The van der Waals surface area contributed by atoms with Gasteiger partial charge in [0.15, 0.2) is 0 Å². The van der Waals surface area contributed by atoms with Crippen molar-refractivity contribution in [2.45, 2.75) is 33.8 Å². The quantitative estimate of drug-likeness (QED) is 0.815. The van der Waals surface area contributed by atoms with Gasteiger partial charge in [-0.25, -0.2) is 0 Å². The minimum Gasteiger partial charge on any atom is -0.466 e. The molecule has 1 rings (SSSR count). The number of carbonyl (C=O) groups excluding carboxylic acids is 1. The van der Waals surface area contributed by atoms with E-state index in [1.807, 2.05) is 26.8 Å². The van der Waals surface area contributed by atoms with Crippen LogP contribution < -0.4 is 0 Å². The van der Waals surface area contributed by atoms with Crippen LogP contribution in [0.25, 0.3) is 0 Å². The number of aliphatic hydroxyl groups excluding tert-OH is 1. The molecule has 0 fully saturated rings. The van der Waals surface area contributed by atoms with Crippen LogP contribution in [-0.4, -0.2) is 22.7 Å². The average Bonchev–Trinajstić information content (AvgIpc) is 2.29. The van der Waals surface area contributed by atoms with E-state index in [2.05, 4.69) is 4.98 Å². The minimum atomic E-state index is -0.878. The molecule has 4 heteroatoms. The highest BCUT2D eigenvalue weighted by atomic mass is 16.5. The Morgan fingerprint density at radius 3 is 2.56 bits per heavy atom. The monoisotopic (exact) mass is 251 g/mol. The van der Waals surface area contributed by atoms with Gasteiger partial charge in [0.25, 0.3) is 0 Å². The summed E-state index contributed by atoms with van der Waals surface area (Å²) >= 11 is 0. The highest BCUT2D eigenvalue weighted by Crippen LogP contribution is 2.28. The molecule has 1 heterocycles. The summed E-state index contributed by atoms with van der Waals surface area (Å²) in [5.41, 5.74) is 1.52. The Bertz CT molecular complexity index is 387. The Balaban J connectivity index is 2.92. The zero-order valence-corrected chi connectivity index (χ0v) is 11.4. The lowest BCUT2D eigenvalue weighted by molar-refractivity contribution is -0.154. The largest absolute Gasteiger partial charge is 0.466 e. The van der Waals surface area contributed by atoms with Gasteiger partial charge in [-0.2, -0.15) is 0 Å².